The minimum Gasteiger partial charge on any atom is -0.497 e. The lowest BCUT2D eigenvalue weighted by Crippen LogP contribution is -2.30. The highest BCUT2D eigenvalue weighted by Crippen LogP contribution is 2.45. The monoisotopic (exact) mass is 480 g/mol. The minimum absolute atomic E-state index is 0.00537. The molecule has 0 heterocycles. The molecule has 0 bridgehead atoms. The molecular weight excluding hydrogens is 451 g/mol. The van der Waals surface area contributed by atoms with Gasteiger partial charge in [0.05, 0.1) is 7.11 Å². The number of ether oxygens (including phenoxy) is 2. The molecule has 3 nitrogen and oxygen atoms in total. The molecule has 0 atom stereocenters. The highest BCUT2D eigenvalue weighted by Gasteiger charge is 2.35. The Kier molecular flexibility index (Phi) is 6.86. The van der Waals surface area contributed by atoms with Gasteiger partial charge in [0.25, 0.3) is 0 Å². The van der Waals surface area contributed by atoms with Gasteiger partial charge in [-0.05, 0) is 96.8 Å². The highest BCUT2D eigenvalue weighted by atomic mass is 19.1. The molecule has 182 valence electrons. The Balaban J connectivity index is 1.32. The van der Waals surface area contributed by atoms with E-state index in [-0.39, 0.29) is 17.0 Å². The van der Waals surface area contributed by atoms with Crippen LogP contribution in [0.15, 0.2) is 97.1 Å². The molecule has 1 aliphatic rings. The average molecular weight is 481 g/mol. The largest absolute Gasteiger partial charge is 0.497 e. The van der Waals surface area contributed by atoms with Gasteiger partial charge in [0.2, 0.25) is 0 Å². The zero-order valence-electron chi connectivity index (χ0n) is 20.4. The van der Waals surface area contributed by atoms with Crippen LogP contribution in [0.4, 0.5) is 4.39 Å². The molecule has 0 radical (unpaired) electrons. The quantitative estimate of drug-likeness (QED) is 0.251. The normalized spacial score (nSPS) is 14.7. The molecule has 5 rings (SSSR count). The van der Waals surface area contributed by atoms with Crippen molar-refractivity contribution in [2.75, 3.05) is 7.11 Å². The molecule has 4 heteroatoms. The molecule has 0 spiro atoms. The van der Waals surface area contributed by atoms with Gasteiger partial charge in [0.1, 0.15) is 23.1 Å². The van der Waals surface area contributed by atoms with Crippen LogP contribution in [-0.2, 0) is 5.41 Å². The van der Waals surface area contributed by atoms with E-state index in [1.165, 1.54) is 54.7 Å². The minimum atomic E-state index is -0.361. The van der Waals surface area contributed by atoms with E-state index >= 15 is 0 Å². The summed E-state index contributed by atoms with van der Waals surface area (Å²) in [6, 6.07) is 29.5. The maximum absolute atomic E-state index is 13.1. The summed E-state index contributed by atoms with van der Waals surface area (Å²) in [6.45, 7) is 0. The van der Waals surface area contributed by atoms with Crippen molar-refractivity contribution in [3.05, 3.63) is 125 Å². The number of hydrogen-bond donors (Lipinski definition) is 0. The fraction of sp³-hybridized carbons (Fsp3) is 0.219. The van der Waals surface area contributed by atoms with Crippen molar-refractivity contribution in [1.29, 1.82) is 0 Å². The summed E-state index contributed by atoms with van der Waals surface area (Å²) in [5.74, 6) is 1.76. The molecule has 0 unspecified atom stereocenters. The van der Waals surface area contributed by atoms with Crippen molar-refractivity contribution >= 4 is 5.78 Å². The number of carbonyl (C=O) groups excluding carboxylic acids is 1. The van der Waals surface area contributed by atoms with E-state index in [0.29, 0.717) is 16.9 Å². The van der Waals surface area contributed by atoms with Gasteiger partial charge < -0.3 is 9.47 Å². The maximum Gasteiger partial charge on any atom is 0.193 e. The fourth-order valence-corrected chi connectivity index (χ4v) is 5.23. The molecule has 0 aromatic heterocycles. The number of halogens is 1. The number of benzene rings is 4. The van der Waals surface area contributed by atoms with Crippen molar-refractivity contribution in [3.63, 3.8) is 0 Å². The lowest BCUT2D eigenvalue weighted by molar-refractivity contribution is 0.103. The van der Waals surface area contributed by atoms with Crippen LogP contribution in [0.2, 0.25) is 0 Å². The molecular formula is C32H29FO3. The summed E-state index contributed by atoms with van der Waals surface area (Å²) in [4.78, 5) is 12.6. The van der Waals surface area contributed by atoms with Crippen LogP contribution in [0.5, 0.6) is 17.2 Å². The van der Waals surface area contributed by atoms with Crippen molar-refractivity contribution < 1.29 is 18.7 Å². The van der Waals surface area contributed by atoms with E-state index in [4.69, 9.17) is 9.47 Å². The van der Waals surface area contributed by atoms with Crippen LogP contribution in [0, 0.1) is 5.82 Å². The van der Waals surface area contributed by atoms with Gasteiger partial charge in [0, 0.05) is 16.5 Å². The van der Waals surface area contributed by atoms with Crippen molar-refractivity contribution in [2.45, 2.75) is 37.5 Å². The van der Waals surface area contributed by atoms with E-state index in [1.807, 2.05) is 24.3 Å². The second-order valence-corrected chi connectivity index (χ2v) is 9.36. The molecule has 1 aliphatic carbocycles. The number of rotatable bonds is 7. The Bertz CT molecular complexity index is 1300. The zero-order valence-corrected chi connectivity index (χ0v) is 20.4. The van der Waals surface area contributed by atoms with Crippen LogP contribution < -0.4 is 9.47 Å². The van der Waals surface area contributed by atoms with Gasteiger partial charge in [-0.15, -0.1) is 0 Å². The average Bonchev–Trinajstić information content (AvgIpc) is 2.94. The van der Waals surface area contributed by atoms with Gasteiger partial charge >= 0.3 is 0 Å². The molecule has 0 saturated heterocycles. The summed E-state index contributed by atoms with van der Waals surface area (Å²) < 4.78 is 24.6. The van der Waals surface area contributed by atoms with Crippen LogP contribution in [0.25, 0.3) is 0 Å². The van der Waals surface area contributed by atoms with Gasteiger partial charge in [-0.1, -0.05) is 43.5 Å². The third-order valence-corrected chi connectivity index (χ3v) is 7.22. The number of hydrogen-bond acceptors (Lipinski definition) is 3. The lowest BCUT2D eigenvalue weighted by atomic mass is 9.65. The van der Waals surface area contributed by atoms with Crippen LogP contribution in [-0.4, -0.2) is 12.9 Å². The summed E-state index contributed by atoms with van der Waals surface area (Å²) in [5, 5.41) is 0. The molecule has 0 N–H and O–H groups in total. The Morgan fingerprint density at radius 3 is 1.58 bits per heavy atom. The topological polar surface area (TPSA) is 35.5 Å². The smallest absolute Gasteiger partial charge is 0.193 e. The molecule has 4 aromatic carbocycles. The predicted octanol–water partition coefficient (Wildman–Crippen LogP) is 8.11. The van der Waals surface area contributed by atoms with Crippen molar-refractivity contribution in [3.8, 4) is 17.2 Å². The number of methoxy groups -OCH3 is 1. The number of carbonyl (C=O) groups is 1. The lowest BCUT2D eigenvalue weighted by Gasteiger charge is -2.38. The molecule has 0 aliphatic heterocycles. The van der Waals surface area contributed by atoms with Crippen LogP contribution in [0.1, 0.15) is 59.2 Å². The SMILES string of the molecule is COc1ccc(C2(c3ccc(Oc4ccc(C(=O)c5ccc(F)cc5)cc4)cc3)CCCCC2)cc1. The first-order valence-corrected chi connectivity index (χ1v) is 12.4. The third-order valence-electron chi connectivity index (χ3n) is 7.22. The summed E-state index contributed by atoms with van der Waals surface area (Å²) in [5.41, 5.74) is 3.63. The summed E-state index contributed by atoms with van der Waals surface area (Å²) >= 11 is 0. The second kappa shape index (κ2) is 10.4. The number of ketones is 1. The van der Waals surface area contributed by atoms with E-state index in [1.54, 1.807) is 31.4 Å². The molecule has 36 heavy (non-hydrogen) atoms. The predicted molar refractivity (Wildman–Crippen MR) is 140 cm³/mol. The van der Waals surface area contributed by atoms with E-state index in [0.717, 1.165) is 24.3 Å². The first-order chi connectivity index (χ1) is 17.6. The van der Waals surface area contributed by atoms with Gasteiger partial charge in [-0.25, -0.2) is 4.39 Å². The van der Waals surface area contributed by atoms with Gasteiger partial charge in [0.15, 0.2) is 5.78 Å². The first-order valence-electron chi connectivity index (χ1n) is 12.4. The van der Waals surface area contributed by atoms with Crippen molar-refractivity contribution in [1.82, 2.24) is 0 Å². The van der Waals surface area contributed by atoms with E-state index in [9.17, 15) is 9.18 Å². The molecule has 0 amide bonds. The maximum atomic E-state index is 13.1. The molecule has 1 fully saturated rings. The van der Waals surface area contributed by atoms with Crippen LogP contribution in [0.3, 0.4) is 0 Å². The van der Waals surface area contributed by atoms with E-state index in [2.05, 4.69) is 24.3 Å². The van der Waals surface area contributed by atoms with Gasteiger partial charge in [-0.2, -0.15) is 0 Å². The highest BCUT2D eigenvalue weighted by molar-refractivity contribution is 6.09. The standard InChI is InChI=1S/C32H29FO3/c1-35-28-17-9-25(10-18-28)32(21-3-2-4-22-32)26-11-19-30(20-12-26)36-29-15-7-24(8-16-29)31(34)23-5-13-27(33)14-6-23/h5-20H,2-4,21-22H2,1H3. The van der Waals surface area contributed by atoms with Crippen molar-refractivity contribution in [2.24, 2.45) is 0 Å². The van der Waals surface area contributed by atoms with Crippen LogP contribution >= 0.6 is 0 Å². The Morgan fingerprint density at radius 1 is 0.639 bits per heavy atom. The fourth-order valence-electron chi connectivity index (χ4n) is 5.23. The summed E-state index contributed by atoms with van der Waals surface area (Å²) in [6.07, 6.45) is 5.96. The molecule has 1 saturated carbocycles. The Labute approximate surface area is 211 Å². The zero-order chi connectivity index (χ0) is 25.0. The van der Waals surface area contributed by atoms with E-state index < -0.39 is 0 Å². The third kappa shape index (κ3) is 4.90. The Hall–Kier alpha value is -3.92. The summed E-state index contributed by atoms with van der Waals surface area (Å²) in [7, 11) is 1.70. The Morgan fingerprint density at radius 2 is 1.08 bits per heavy atom. The van der Waals surface area contributed by atoms with Gasteiger partial charge in [-0.3, -0.25) is 4.79 Å². The molecule has 4 aromatic rings. The second-order valence-electron chi connectivity index (χ2n) is 9.36. The first kappa shape index (κ1) is 23.8.